The highest BCUT2D eigenvalue weighted by atomic mass is 16.4. The Labute approximate surface area is 184 Å². The van der Waals surface area contributed by atoms with Crippen LogP contribution >= 0.6 is 0 Å². The lowest BCUT2D eigenvalue weighted by molar-refractivity contribution is 0.0963. The maximum absolute atomic E-state index is 11.4. The van der Waals surface area contributed by atoms with Gasteiger partial charge < -0.3 is 9.73 Å². The molecule has 162 valence electrons. The van der Waals surface area contributed by atoms with E-state index >= 15 is 0 Å². The van der Waals surface area contributed by atoms with Gasteiger partial charge in [-0.2, -0.15) is 5.26 Å². The summed E-state index contributed by atoms with van der Waals surface area (Å²) in [6.45, 7) is 4.01. The third kappa shape index (κ3) is 8.06. The summed E-state index contributed by atoms with van der Waals surface area (Å²) < 4.78 is 4.87. The van der Waals surface area contributed by atoms with Crippen molar-refractivity contribution in [3.05, 3.63) is 71.9 Å². The van der Waals surface area contributed by atoms with Crippen molar-refractivity contribution in [2.45, 2.75) is 51.9 Å². The van der Waals surface area contributed by atoms with Gasteiger partial charge >= 0.3 is 0 Å². The van der Waals surface area contributed by atoms with E-state index in [1.54, 1.807) is 31.3 Å². The van der Waals surface area contributed by atoms with Gasteiger partial charge in [-0.1, -0.05) is 70.2 Å². The van der Waals surface area contributed by atoms with E-state index < -0.39 is 0 Å². The molecule has 2 aromatic carbocycles. The minimum atomic E-state index is -0.0959. The number of benzene rings is 2. The quantitative estimate of drug-likeness (QED) is 0.586. The Balaban J connectivity index is 0.000000214. The summed E-state index contributed by atoms with van der Waals surface area (Å²) in [5.74, 6) is 0.948. The van der Waals surface area contributed by atoms with E-state index in [0.717, 1.165) is 11.1 Å². The Morgan fingerprint density at radius 2 is 1.48 bits per heavy atom. The summed E-state index contributed by atoms with van der Waals surface area (Å²) in [6, 6.07) is 16.8. The fourth-order valence-corrected chi connectivity index (χ4v) is 3.01. The molecule has 1 saturated carbocycles. The molecular weight excluding hydrogens is 388 g/mol. The van der Waals surface area contributed by atoms with E-state index in [1.807, 2.05) is 38.1 Å². The lowest BCUT2D eigenvalue weighted by Gasteiger charge is -2.03. The molecule has 1 fully saturated rings. The van der Waals surface area contributed by atoms with E-state index in [-0.39, 0.29) is 5.91 Å². The highest BCUT2D eigenvalue weighted by Gasteiger charge is 2.03. The molecule has 0 bridgehead atoms. The van der Waals surface area contributed by atoms with Crippen molar-refractivity contribution >= 4 is 5.91 Å². The lowest BCUT2D eigenvalue weighted by Crippen LogP contribution is -2.17. The molecule has 4 rings (SSSR count). The molecule has 1 aromatic heterocycles. The average molecular weight is 419 g/mol. The number of nitriles is 1. The number of nitrogens with one attached hydrogen (secondary N) is 1. The number of nitrogens with zero attached hydrogens (tertiary/aromatic N) is 3. The first-order valence-corrected chi connectivity index (χ1v) is 10.6. The van der Waals surface area contributed by atoms with Gasteiger partial charge in [0, 0.05) is 18.5 Å². The Hall–Kier alpha value is -3.46. The molecule has 3 aromatic rings. The zero-order valence-electron chi connectivity index (χ0n) is 18.5. The maximum Gasteiger partial charge on any atom is 0.251 e. The molecular formula is C25H30N4O2. The van der Waals surface area contributed by atoms with Crippen molar-refractivity contribution in [1.29, 1.82) is 5.26 Å². The molecule has 6 nitrogen and oxygen atoms in total. The number of amides is 1. The van der Waals surface area contributed by atoms with Crippen LogP contribution in [0.4, 0.5) is 0 Å². The first-order chi connectivity index (χ1) is 15.0. The average Bonchev–Trinajstić information content (AvgIpc) is 3.56. The molecule has 0 spiro atoms. The number of hydrogen-bond acceptors (Lipinski definition) is 5. The van der Waals surface area contributed by atoms with E-state index in [4.69, 9.17) is 9.68 Å². The number of carbonyl (C=O) groups is 1. The van der Waals surface area contributed by atoms with Crippen LogP contribution < -0.4 is 5.32 Å². The van der Waals surface area contributed by atoms with Crippen molar-refractivity contribution in [3.8, 4) is 17.2 Å². The minimum Gasteiger partial charge on any atom is -0.428 e. The third-order valence-corrected chi connectivity index (χ3v) is 4.84. The monoisotopic (exact) mass is 418 g/mol. The summed E-state index contributed by atoms with van der Waals surface area (Å²) in [5.41, 5.74) is 3.32. The molecule has 1 N–H and O–H groups in total. The number of rotatable bonds is 3. The Kier molecular flexibility index (Phi) is 9.96. The lowest BCUT2D eigenvalue weighted by atomic mass is 10.0. The van der Waals surface area contributed by atoms with Crippen LogP contribution in [0.15, 0.2) is 59.3 Å². The second-order valence-electron chi connectivity index (χ2n) is 7.55. The molecule has 6 heteroatoms. The highest BCUT2D eigenvalue weighted by molar-refractivity contribution is 5.94. The zero-order valence-corrected chi connectivity index (χ0v) is 18.5. The summed E-state index contributed by atoms with van der Waals surface area (Å²) >= 11 is 0. The van der Waals surface area contributed by atoms with E-state index in [0.29, 0.717) is 22.9 Å². The van der Waals surface area contributed by atoms with E-state index in [2.05, 4.69) is 21.6 Å². The van der Waals surface area contributed by atoms with E-state index in [9.17, 15) is 4.79 Å². The molecule has 0 atom stereocenters. The van der Waals surface area contributed by atoms with Gasteiger partial charge in [0.25, 0.3) is 5.91 Å². The Bertz CT molecular complexity index is 929. The third-order valence-electron chi connectivity index (χ3n) is 4.84. The van der Waals surface area contributed by atoms with Crippen LogP contribution in [0.3, 0.4) is 0 Å². The minimum absolute atomic E-state index is 0.0959. The van der Waals surface area contributed by atoms with Crippen molar-refractivity contribution < 1.29 is 9.21 Å². The van der Waals surface area contributed by atoms with Crippen molar-refractivity contribution in [3.63, 3.8) is 0 Å². The summed E-state index contributed by atoms with van der Waals surface area (Å²) in [5, 5.41) is 18.5. The van der Waals surface area contributed by atoms with Crippen molar-refractivity contribution in [2.24, 2.45) is 0 Å². The molecule has 0 unspecified atom stereocenters. The molecule has 1 aliphatic carbocycles. The first kappa shape index (κ1) is 23.8. The molecule has 31 heavy (non-hydrogen) atoms. The van der Waals surface area contributed by atoms with Gasteiger partial charge in [-0.3, -0.25) is 4.79 Å². The number of hydrogen-bond donors (Lipinski definition) is 1. The largest absolute Gasteiger partial charge is 0.428 e. The maximum atomic E-state index is 11.4. The fourth-order valence-electron chi connectivity index (χ4n) is 3.01. The van der Waals surface area contributed by atoms with Crippen LogP contribution in [-0.4, -0.2) is 23.2 Å². The zero-order chi connectivity index (χ0) is 22.5. The van der Waals surface area contributed by atoms with Crippen LogP contribution in [0.25, 0.3) is 11.1 Å². The van der Waals surface area contributed by atoms with Gasteiger partial charge in [0.05, 0.1) is 11.6 Å². The molecule has 0 saturated heterocycles. The second kappa shape index (κ2) is 13.0. The molecule has 1 amide bonds. The van der Waals surface area contributed by atoms with Crippen molar-refractivity contribution in [2.75, 3.05) is 7.05 Å². The van der Waals surface area contributed by atoms with Gasteiger partial charge in [-0.15, -0.1) is 10.2 Å². The van der Waals surface area contributed by atoms with Crippen LogP contribution in [0, 0.1) is 11.3 Å². The normalized spacial score (nSPS) is 12.1. The van der Waals surface area contributed by atoms with Gasteiger partial charge in [0.15, 0.2) is 0 Å². The summed E-state index contributed by atoms with van der Waals surface area (Å²) in [7, 11) is 1.61. The first-order valence-electron chi connectivity index (χ1n) is 10.6. The van der Waals surface area contributed by atoms with Crippen LogP contribution in [0.5, 0.6) is 0 Å². The van der Waals surface area contributed by atoms with Crippen molar-refractivity contribution in [1.82, 2.24) is 15.5 Å². The Morgan fingerprint density at radius 3 is 1.84 bits per heavy atom. The summed E-state index contributed by atoms with van der Waals surface area (Å²) in [4.78, 5) is 11.4. The van der Waals surface area contributed by atoms with Gasteiger partial charge in [-0.05, 0) is 35.4 Å². The Morgan fingerprint density at radius 1 is 0.968 bits per heavy atom. The standard InChI is InChI=1S/C15H12N2O.C5H8N2O.C5H10/c1-17-15(18)14-8-6-13(7-9-14)12-4-2-11(10-16)3-5-12;1-4(2)5-7-6-3-8-5;1-2-4-5-3-1/h2-9H,1H3,(H,17,18);3-4H,1-2H3;1-5H2. The number of carbonyl (C=O) groups excluding carboxylic acids is 1. The van der Waals surface area contributed by atoms with Gasteiger partial charge in [0.2, 0.25) is 12.3 Å². The molecule has 0 aliphatic heterocycles. The van der Waals surface area contributed by atoms with E-state index in [1.165, 1.54) is 38.5 Å². The number of aromatic nitrogens is 2. The fraction of sp³-hybridized carbons (Fsp3) is 0.360. The molecule has 1 aliphatic rings. The molecule has 1 heterocycles. The predicted molar refractivity (Wildman–Crippen MR) is 121 cm³/mol. The predicted octanol–water partition coefficient (Wildman–Crippen LogP) is 5.73. The van der Waals surface area contributed by atoms with Gasteiger partial charge in [0.1, 0.15) is 0 Å². The second-order valence-corrected chi connectivity index (χ2v) is 7.55. The van der Waals surface area contributed by atoms with Gasteiger partial charge in [-0.25, -0.2) is 0 Å². The van der Waals surface area contributed by atoms with Crippen LogP contribution in [0.1, 0.15) is 73.7 Å². The summed E-state index contributed by atoms with van der Waals surface area (Å²) in [6.07, 6.45) is 8.84. The van der Waals surface area contributed by atoms with Crippen LogP contribution in [0.2, 0.25) is 0 Å². The molecule has 0 radical (unpaired) electrons. The van der Waals surface area contributed by atoms with Crippen LogP contribution in [-0.2, 0) is 0 Å². The highest BCUT2D eigenvalue weighted by Crippen LogP contribution is 2.20. The topological polar surface area (TPSA) is 91.8 Å². The smallest absolute Gasteiger partial charge is 0.251 e. The SMILES string of the molecule is C1CCCC1.CC(C)c1nnco1.CNC(=O)c1ccc(-c2ccc(C#N)cc2)cc1.